The summed E-state index contributed by atoms with van der Waals surface area (Å²) in [5, 5.41) is 3.92. The highest BCUT2D eigenvalue weighted by molar-refractivity contribution is 5.89. The monoisotopic (exact) mass is 392 g/mol. The van der Waals surface area contributed by atoms with Crippen LogP contribution in [0.25, 0.3) is 10.9 Å². The van der Waals surface area contributed by atoms with Gasteiger partial charge in [0.05, 0.1) is 6.20 Å². The van der Waals surface area contributed by atoms with Gasteiger partial charge in [-0.25, -0.2) is 4.98 Å². The highest BCUT2D eigenvalue weighted by Crippen LogP contribution is 2.20. The second-order valence-corrected chi connectivity index (χ2v) is 7.19. The molecule has 0 aliphatic carbocycles. The lowest BCUT2D eigenvalue weighted by Crippen LogP contribution is -2.55. The number of carbonyl (C=O) groups excluding carboxylic acids is 2. The lowest BCUT2D eigenvalue weighted by atomic mass is 10.0. The molecule has 1 aromatic carbocycles. The first-order valence-corrected chi connectivity index (χ1v) is 9.73. The van der Waals surface area contributed by atoms with Crippen LogP contribution in [0.3, 0.4) is 0 Å². The zero-order valence-electron chi connectivity index (χ0n) is 16.3. The van der Waals surface area contributed by atoms with E-state index in [1.807, 2.05) is 35.4 Å². The van der Waals surface area contributed by atoms with E-state index in [-0.39, 0.29) is 11.8 Å². The predicted octanol–water partition coefficient (Wildman–Crippen LogP) is 1.35. The number of anilines is 1. The molecule has 1 atom stereocenters. The second kappa shape index (κ2) is 8.30. The molecule has 2 aromatic heterocycles. The highest BCUT2D eigenvalue weighted by Gasteiger charge is 2.29. The number of benzene rings is 1. The minimum Gasteiger partial charge on any atom is -0.361 e. The van der Waals surface area contributed by atoms with E-state index in [9.17, 15) is 9.59 Å². The molecule has 1 saturated heterocycles. The van der Waals surface area contributed by atoms with Crippen LogP contribution in [0.15, 0.2) is 49.1 Å². The molecule has 150 valence electrons. The molecular formula is C21H24N6O2. The van der Waals surface area contributed by atoms with Gasteiger partial charge in [0.2, 0.25) is 11.8 Å². The Labute approximate surface area is 168 Å². The van der Waals surface area contributed by atoms with Gasteiger partial charge in [-0.15, -0.1) is 0 Å². The van der Waals surface area contributed by atoms with Crippen LogP contribution in [0.2, 0.25) is 0 Å². The Balaban J connectivity index is 1.46. The van der Waals surface area contributed by atoms with Crippen molar-refractivity contribution in [2.75, 3.05) is 31.1 Å². The standard InChI is InChI=1S/C21H24N6O2/c1-15(28)25-19(12-16-13-24-18-5-3-2-4-17(16)18)21(29)27-10-8-26(9-11-27)20-14-22-6-7-23-20/h2-7,13-14,19,24H,8-12H2,1H3,(H,25,28). The number of amides is 2. The average Bonchev–Trinajstić information content (AvgIpc) is 3.16. The maximum absolute atomic E-state index is 13.2. The molecule has 0 radical (unpaired) electrons. The number of hydrogen-bond donors (Lipinski definition) is 2. The third-order valence-corrected chi connectivity index (χ3v) is 5.24. The summed E-state index contributed by atoms with van der Waals surface area (Å²) >= 11 is 0. The molecule has 2 N–H and O–H groups in total. The molecule has 8 heteroatoms. The number of aromatic nitrogens is 3. The minimum absolute atomic E-state index is 0.0516. The molecule has 4 rings (SSSR count). The van der Waals surface area contributed by atoms with Crippen molar-refractivity contribution in [2.45, 2.75) is 19.4 Å². The number of aromatic amines is 1. The Hall–Kier alpha value is -3.42. The number of hydrogen-bond acceptors (Lipinski definition) is 5. The molecule has 1 unspecified atom stereocenters. The summed E-state index contributed by atoms with van der Waals surface area (Å²) in [6, 6.07) is 7.38. The van der Waals surface area contributed by atoms with Gasteiger partial charge in [-0.2, -0.15) is 0 Å². The van der Waals surface area contributed by atoms with Gasteiger partial charge in [0.25, 0.3) is 0 Å². The van der Waals surface area contributed by atoms with Crippen molar-refractivity contribution >= 4 is 28.5 Å². The topological polar surface area (TPSA) is 94.2 Å². The van der Waals surface area contributed by atoms with Crippen molar-refractivity contribution in [1.29, 1.82) is 0 Å². The molecule has 1 aliphatic heterocycles. The Morgan fingerprint density at radius 3 is 2.69 bits per heavy atom. The highest BCUT2D eigenvalue weighted by atomic mass is 16.2. The predicted molar refractivity (Wildman–Crippen MR) is 110 cm³/mol. The fraction of sp³-hybridized carbons (Fsp3) is 0.333. The van der Waals surface area contributed by atoms with Crippen LogP contribution in [0.1, 0.15) is 12.5 Å². The Kier molecular flexibility index (Phi) is 5.41. The molecule has 1 aliphatic rings. The van der Waals surface area contributed by atoms with Crippen LogP contribution in [0, 0.1) is 0 Å². The zero-order chi connectivity index (χ0) is 20.2. The third-order valence-electron chi connectivity index (χ3n) is 5.24. The van der Waals surface area contributed by atoms with E-state index in [0.29, 0.717) is 32.6 Å². The average molecular weight is 392 g/mol. The lowest BCUT2D eigenvalue weighted by Gasteiger charge is -2.36. The largest absolute Gasteiger partial charge is 0.361 e. The van der Waals surface area contributed by atoms with Gasteiger partial charge < -0.3 is 20.1 Å². The molecule has 8 nitrogen and oxygen atoms in total. The van der Waals surface area contributed by atoms with Crippen molar-refractivity contribution in [3.63, 3.8) is 0 Å². The van der Waals surface area contributed by atoms with Crippen LogP contribution in [-0.2, 0) is 16.0 Å². The number of rotatable bonds is 5. The number of nitrogens with zero attached hydrogens (tertiary/aromatic N) is 4. The van der Waals surface area contributed by atoms with Crippen LogP contribution < -0.4 is 10.2 Å². The van der Waals surface area contributed by atoms with Crippen molar-refractivity contribution in [3.05, 3.63) is 54.6 Å². The van der Waals surface area contributed by atoms with Gasteiger partial charge in [-0.05, 0) is 11.6 Å². The van der Waals surface area contributed by atoms with Gasteiger partial charge >= 0.3 is 0 Å². The molecule has 2 amide bonds. The van der Waals surface area contributed by atoms with Crippen molar-refractivity contribution < 1.29 is 9.59 Å². The Bertz CT molecular complexity index is 995. The van der Waals surface area contributed by atoms with Gasteiger partial charge in [-0.3, -0.25) is 14.6 Å². The molecule has 29 heavy (non-hydrogen) atoms. The normalized spacial score (nSPS) is 15.3. The third kappa shape index (κ3) is 4.21. The summed E-state index contributed by atoms with van der Waals surface area (Å²) in [5.41, 5.74) is 2.04. The summed E-state index contributed by atoms with van der Waals surface area (Å²) in [6.07, 6.45) is 7.41. The zero-order valence-corrected chi connectivity index (χ0v) is 16.3. The van der Waals surface area contributed by atoms with E-state index in [1.54, 1.807) is 18.6 Å². The van der Waals surface area contributed by atoms with Gasteiger partial charge in [0, 0.05) is 69.0 Å². The smallest absolute Gasteiger partial charge is 0.245 e. The number of carbonyl (C=O) groups is 2. The molecule has 0 bridgehead atoms. The van der Waals surface area contributed by atoms with Crippen molar-refractivity contribution in [1.82, 2.24) is 25.2 Å². The SMILES string of the molecule is CC(=O)NC(Cc1c[nH]c2ccccc12)C(=O)N1CCN(c2cnccn2)CC1. The summed E-state index contributed by atoms with van der Waals surface area (Å²) in [4.78, 5) is 40.6. The molecular weight excluding hydrogens is 368 g/mol. The quantitative estimate of drug-likeness (QED) is 0.684. The Morgan fingerprint density at radius 1 is 1.17 bits per heavy atom. The maximum atomic E-state index is 13.2. The van der Waals surface area contributed by atoms with Crippen LogP contribution >= 0.6 is 0 Å². The van der Waals surface area contributed by atoms with E-state index >= 15 is 0 Å². The van der Waals surface area contributed by atoms with E-state index in [2.05, 4.69) is 25.2 Å². The van der Waals surface area contributed by atoms with E-state index < -0.39 is 6.04 Å². The molecule has 0 spiro atoms. The fourth-order valence-corrected chi connectivity index (χ4v) is 3.80. The first-order valence-electron chi connectivity index (χ1n) is 9.73. The van der Waals surface area contributed by atoms with Crippen LogP contribution in [0.4, 0.5) is 5.82 Å². The Morgan fingerprint density at radius 2 is 1.97 bits per heavy atom. The van der Waals surface area contributed by atoms with Crippen molar-refractivity contribution in [2.24, 2.45) is 0 Å². The summed E-state index contributed by atoms with van der Waals surface area (Å²) in [7, 11) is 0. The summed E-state index contributed by atoms with van der Waals surface area (Å²) in [6.45, 7) is 3.98. The van der Waals surface area contributed by atoms with Gasteiger partial charge in [0.15, 0.2) is 0 Å². The van der Waals surface area contributed by atoms with Gasteiger partial charge in [-0.1, -0.05) is 18.2 Å². The van der Waals surface area contributed by atoms with Crippen LogP contribution in [0.5, 0.6) is 0 Å². The number of para-hydroxylation sites is 1. The minimum atomic E-state index is -0.588. The van der Waals surface area contributed by atoms with E-state index in [0.717, 1.165) is 22.3 Å². The molecule has 3 heterocycles. The number of nitrogens with one attached hydrogen (secondary N) is 2. The van der Waals surface area contributed by atoms with E-state index in [4.69, 9.17) is 0 Å². The number of fused-ring (bicyclic) bond motifs is 1. The summed E-state index contributed by atoms with van der Waals surface area (Å²) < 4.78 is 0. The van der Waals surface area contributed by atoms with Crippen LogP contribution in [-0.4, -0.2) is 63.9 Å². The molecule has 1 fully saturated rings. The molecule has 3 aromatic rings. The van der Waals surface area contributed by atoms with E-state index in [1.165, 1.54) is 6.92 Å². The number of piperazine rings is 1. The lowest BCUT2D eigenvalue weighted by molar-refractivity contribution is -0.136. The maximum Gasteiger partial charge on any atom is 0.245 e. The first kappa shape index (κ1) is 18.9. The summed E-state index contributed by atoms with van der Waals surface area (Å²) in [5.74, 6) is 0.558. The number of H-pyrrole nitrogens is 1. The second-order valence-electron chi connectivity index (χ2n) is 7.19. The van der Waals surface area contributed by atoms with Crippen molar-refractivity contribution in [3.8, 4) is 0 Å². The fourth-order valence-electron chi connectivity index (χ4n) is 3.80. The first-order chi connectivity index (χ1) is 14.1. The molecule has 0 saturated carbocycles. The van der Waals surface area contributed by atoms with Gasteiger partial charge in [0.1, 0.15) is 11.9 Å².